The van der Waals surface area contributed by atoms with E-state index in [0.29, 0.717) is 13.1 Å². The van der Waals surface area contributed by atoms with Crippen LogP contribution < -0.4 is 10.1 Å². The lowest BCUT2D eigenvalue weighted by atomic mass is 10.1. The number of likely N-dealkylation sites (N-methyl/N-ethyl adjacent to an activating group) is 1. The summed E-state index contributed by atoms with van der Waals surface area (Å²) in [6.07, 6.45) is 0. The molecule has 0 aliphatic carbocycles. The molecule has 1 aromatic carbocycles. The lowest BCUT2D eigenvalue weighted by Gasteiger charge is -2.20. The van der Waals surface area contributed by atoms with Crippen molar-refractivity contribution in [1.29, 1.82) is 0 Å². The van der Waals surface area contributed by atoms with Gasteiger partial charge < -0.3 is 15.0 Å². The lowest BCUT2D eigenvalue weighted by molar-refractivity contribution is -0.131. The van der Waals surface area contributed by atoms with Crippen molar-refractivity contribution in [2.24, 2.45) is 0 Å². The molecule has 0 fully saturated rings. The number of ether oxygens (including phenoxy) is 1. The summed E-state index contributed by atoms with van der Waals surface area (Å²) < 4.78 is 19.2. The number of benzene rings is 1. The molecule has 0 saturated heterocycles. The number of amides is 1. The van der Waals surface area contributed by atoms with E-state index < -0.39 is 5.82 Å². The first-order valence-corrected chi connectivity index (χ1v) is 7.13. The molecule has 0 atom stereocenters. The van der Waals surface area contributed by atoms with Gasteiger partial charge in [0.2, 0.25) is 0 Å². The van der Waals surface area contributed by atoms with Gasteiger partial charge in [-0.15, -0.1) is 0 Å². The summed E-state index contributed by atoms with van der Waals surface area (Å²) >= 11 is 0. The standard InChI is InChI=1S/C16H25FN2O2/c1-6-19(5)15(20)11-21-14-8-7-12(9-13(14)17)10-18-16(2,3)4/h7-9,18H,6,10-11H2,1-5H3. The molecule has 1 aromatic rings. The van der Waals surface area contributed by atoms with Crippen molar-refractivity contribution in [3.05, 3.63) is 29.6 Å². The highest BCUT2D eigenvalue weighted by molar-refractivity contribution is 5.77. The molecule has 0 aliphatic heterocycles. The third-order valence-electron chi connectivity index (χ3n) is 3.07. The number of rotatable bonds is 6. The monoisotopic (exact) mass is 296 g/mol. The van der Waals surface area contributed by atoms with Crippen LogP contribution in [0.3, 0.4) is 0 Å². The number of nitrogens with one attached hydrogen (secondary N) is 1. The van der Waals surface area contributed by atoms with Gasteiger partial charge in [0.1, 0.15) is 0 Å². The average Bonchev–Trinajstić information content (AvgIpc) is 2.42. The Labute approximate surface area is 126 Å². The van der Waals surface area contributed by atoms with Crippen LogP contribution in [0.1, 0.15) is 33.3 Å². The summed E-state index contributed by atoms with van der Waals surface area (Å²) in [5, 5.41) is 3.29. The van der Waals surface area contributed by atoms with Crippen molar-refractivity contribution in [2.45, 2.75) is 39.8 Å². The first-order chi connectivity index (χ1) is 9.73. The van der Waals surface area contributed by atoms with Gasteiger partial charge in [0.25, 0.3) is 5.91 Å². The molecule has 5 heteroatoms. The van der Waals surface area contributed by atoms with E-state index in [9.17, 15) is 9.18 Å². The van der Waals surface area contributed by atoms with E-state index in [-0.39, 0.29) is 23.8 Å². The predicted octanol–water partition coefficient (Wildman–Crippen LogP) is 2.57. The molecule has 0 aromatic heterocycles. The first-order valence-electron chi connectivity index (χ1n) is 7.13. The Morgan fingerprint density at radius 2 is 2.05 bits per heavy atom. The van der Waals surface area contributed by atoms with Crippen molar-refractivity contribution < 1.29 is 13.9 Å². The molecule has 1 N–H and O–H groups in total. The number of carbonyl (C=O) groups excluding carboxylic acids is 1. The van der Waals surface area contributed by atoms with Crippen molar-refractivity contribution >= 4 is 5.91 Å². The Bertz CT molecular complexity index is 484. The number of hydrogen-bond acceptors (Lipinski definition) is 3. The average molecular weight is 296 g/mol. The van der Waals surface area contributed by atoms with Crippen LogP contribution in [0.2, 0.25) is 0 Å². The predicted molar refractivity (Wildman–Crippen MR) is 81.8 cm³/mol. The summed E-state index contributed by atoms with van der Waals surface area (Å²) in [6, 6.07) is 4.79. The maximum atomic E-state index is 13.9. The summed E-state index contributed by atoms with van der Waals surface area (Å²) in [7, 11) is 1.68. The van der Waals surface area contributed by atoms with Crippen molar-refractivity contribution in [2.75, 3.05) is 20.2 Å². The topological polar surface area (TPSA) is 41.6 Å². The molecule has 0 heterocycles. The Morgan fingerprint density at radius 3 is 2.57 bits per heavy atom. The summed E-state index contributed by atoms with van der Waals surface area (Å²) in [4.78, 5) is 13.1. The lowest BCUT2D eigenvalue weighted by Crippen LogP contribution is -2.35. The largest absolute Gasteiger partial charge is 0.481 e. The quantitative estimate of drug-likeness (QED) is 0.877. The zero-order chi connectivity index (χ0) is 16.0. The highest BCUT2D eigenvalue weighted by Gasteiger charge is 2.12. The molecule has 0 unspecified atom stereocenters. The Hall–Kier alpha value is -1.62. The molecule has 118 valence electrons. The molecule has 0 spiro atoms. The normalized spacial score (nSPS) is 11.3. The van der Waals surface area contributed by atoms with Gasteiger partial charge in [-0.1, -0.05) is 6.07 Å². The fraction of sp³-hybridized carbons (Fsp3) is 0.562. The van der Waals surface area contributed by atoms with E-state index in [4.69, 9.17) is 4.74 Å². The van der Waals surface area contributed by atoms with Crippen molar-refractivity contribution in [1.82, 2.24) is 10.2 Å². The van der Waals surface area contributed by atoms with Crippen LogP contribution in [0.25, 0.3) is 0 Å². The Balaban J connectivity index is 2.60. The van der Waals surface area contributed by atoms with Crippen molar-refractivity contribution in [3.63, 3.8) is 0 Å². The number of nitrogens with zero attached hydrogens (tertiary/aromatic N) is 1. The second kappa shape index (κ2) is 7.41. The van der Waals surface area contributed by atoms with E-state index in [0.717, 1.165) is 5.56 Å². The molecule has 0 radical (unpaired) electrons. The maximum Gasteiger partial charge on any atom is 0.260 e. The Kier molecular flexibility index (Phi) is 6.15. The smallest absolute Gasteiger partial charge is 0.260 e. The molecule has 21 heavy (non-hydrogen) atoms. The zero-order valence-electron chi connectivity index (χ0n) is 13.5. The molecule has 1 amide bonds. The van der Waals surface area contributed by atoms with E-state index in [1.54, 1.807) is 19.2 Å². The molecule has 0 aliphatic rings. The van der Waals surface area contributed by atoms with E-state index in [1.807, 2.05) is 6.92 Å². The van der Waals surface area contributed by atoms with Crippen LogP contribution in [0.4, 0.5) is 4.39 Å². The molecular weight excluding hydrogens is 271 g/mol. The fourth-order valence-corrected chi connectivity index (χ4v) is 1.56. The molecular formula is C16H25FN2O2. The molecule has 0 bridgehead atoms. The number of halogens is 1. The maximum absolute atomic E-state index is 13.9. The van der Waals surface area contributed by atoms with Crippen molar-refractivity contribution in [3.8, 4) is 5.75 Å². The highest BCUT2D eigenvalue weighted by Crippen LogP contribution is 2.19. The minimum absolute atomic E-state index is 0.0250. The van der Waals surface area contributed by atoms with Gasteiger partial charge in [-0.3, -0.25) is 4.79 Å². The van der Waals surface area contributed by atoms with Gasteiger partial charge in [0, 0.05) is 25.7 Å². The van der Waals surface area contributed by atoms with E-state index in [1.165, 1.54) is 11.0 Å². The molecule has 0 saturated carbocycles. The number of carbonyl (C=O) groups is 1. The molecule has 1 rings (SSSR count). The second-order valence-electron chi connectivity index (χ2n) is 6.06. The zero-order valence-corrected chi connectivity index (χ0v) is 13.5. The van der Waals surface area contributed by atoms with Crippen LogP contribution >= 0.6 is 0 Å². The third-order valence-corrected chi connectivity index (χ3v) is 3.07. The Morgan fingerprint density at radius 1 is 1.38 bits per heavy atom. The summed E-state index contributed by atoms with van der Waals surface area (Å²) in [5.74, 6) is -0.516. The summed E-state index contributed by atoms with van der Waals surface area (Å²) in [6.45, 7) is 9.06. The van der Waals surface area contributed by atoms with Crippen LogP contribution in [-0.4, -0.2) is 36.5 Å². The van der Waals surface area contributed by atoms with E-state index in [2.05, 4.69) is 26.1 Å². The van der Waals surface area contributed by atoms with Gasteiger partial charge in [0.05, 0.1) is 0 Å². The van der Waals surface area contributed by atoms with Gasteiger partial charge >= 0.3 is 0 Å². The minimum atomic E-state index is -0.449. The highest BCUT2D eigenvalue weighted by atomic mass is 19.1. The van der Waals surface area contributed by atoms with E-state index >= 15 is 0 Å². The van der Waals surface area contributed by atoms with Crippen LogP contribution in [0, 0.1) is 5.82 Å². The minimum Gasteiger partial charge on any atom is -0.481 e. The number of hydrogen-bond donors (Lipinski definition) is 1. The van der Waals surface area contributed by atoms with Gasteiger partial charge in [-0.2, -0.15) is 0 Å². The fourth-order valence-electron chi connectivity index (χ4n) is 1.56. The third kappa shape index (κ3) is 6.12. The summed E-state index contributed by atoms with van der Waals surface area (Å²) in [5.41, 5.74) is 0.815. The van der Waals surface area contributed by atoms with Gasteiger partial charge in [-0.05, 0) is 45.4 Å². The molecule has 4 nitrogen and oxygen atoms in total. The van der Waals surface area contributed by atoms with Crippen LogP contribution in [0.5, 0.6) is 5.75 Å². The van der Waals surface area contributed by atoms with Gasteiger partial charge in [0.15, 0.2) is 18.2 Å². The van der Waals surface area contributed by atoms with Crippen LogP contribution in [-0.2, 0) is 11.3 Å². The van der Waals surface area contributed by atoms with Crippen LogP contribution in [0.15, 0.2) is 18.2 Å². The van der Waals surface area contributed by atoms with Gasteiger partial charge in [-0.25, -0.2) is 4.39 Å². The SMILES string of the molecule is CCN(C)C(=O)COc1ccc(CNC(C)(C)C)cc1F. The first kappa shape index (κ1) is 17.4. The second-order valence-corrected chi connectivity index (χ2v) is 6.06.